The second kappa shape index (κ2) is 6.45. The van der Waals surface area contributed by atoms with Gasteiger partial charge in [-0.1, -0.05) is 73.5 Å². The molecule has 0 bridgehead atoms. The second-order valence-corrected chi connectivity index (χ2v) is 6.20. The summed E-state index contributed by atoms with van der Waals surface area (Å²) in [6, 6.07) is 19.1. The first kappa shape index (κ1) is 15.0. The Balaban J connectivity index is 1.93. The number of ketones is 1. The Bertz CT molecular complexity index is 615. The van der Waals surface area contributed by atoms with Gasteiger partial charge >= 0.3 is 0 Å². The van der Waals surface area contributed by atoms with Gasteiger partial charge in [0.25, 0.3) is 0 Å². The lowest BCUT2D eigenvalue weighted by Gasteiger charge is -2.33. The Kier molecular flexibility index (Phi) is 4.39. The highest BCUT2D eigenvalue weighted by atomic mass is 16.3. The van der Waals surface area contributed by atoms with Crippen molar-refractivity contribution in [3.63, 3.8) is 0 Å². The molecule has 114 valence electrons. The molecule has 3 rings (SSSR count). The number of Topliss-reactive ketones (excluding diaryl/α,β-unsaturated/α-hetero) is 1. The van der Waals surface area contributed by atoms with Crippen LogP contribution in [-0.2, 0) is 16.8 Å². The lowest BCUT2D eigenvalue weighted by atomic mass is 9.75. The highest BCUT2D eigenvalue weighted by Crippen LogP contribution is 2.41. The van der Waals surface area contributed by atoms with E-state index in [4.69, 9.17) is 0 Å². The van der Waals surface area contributed by atoms with Crippen LogP contribution in [0.1, 0.15) is 36.8 Å². The Morgan fingerprint density at radius 1 is 0.955 bits per heavy atom. The van der Waals surface area contributed by atoms with Gasteiger partial charge in [0.05, 0.1) is 0 Å². The van der Waals surface area contributed by atoms with Crippen LogP contribution in [0.25, 0.3) is 0 Å². The molecule has 0 aliphatic heterocycles. The minimum atomic E-state index is -1.35. The Hall–Kier alpha value is -1.93. The molecule has 1 saturated carbocycles. The van der Waals surface area contributed by atoms with Crippen molar-refractivity contribution in [2.45, 2.75) is 37.7 Å². The molecule has 1 atom stereocenters. The highest BCUT2D eigenvalue weighted by Gasteiger charge is 2.45. The van der Waals surface area contributed by atoms with Crippen LogP contribution in [-0.4, -0.2) is 10.9 Å². The van der Waals surface area contributed by atoms with Crippen LogP contribution in [0.4, 0.5) is 0 Å². The molecule has 0 aromatic heterocycles. The molecule has 0 heterocycles. The number of hydrogen-bond acceptors (Lipinski definition) is 2. The summed E-state index contributed by atoms with van der Waals surface area (Å²) >= 11 is 0. The normalized spacial score (nSPS) is 18.0. The van der Waals surface area contributed by atoms with E-state index in [9.17, 15) is 9.90 Å². The van der Waals surface area contributed by atoms with Gasteiger partial charge in [0, 0.05) is 6.42 Å². The summed E-state index contributed by atoms with van der Waals surface area (Å²) in [6.45, 7) is 0. The number of carbonyl (C=O) groups is 1. The zero-order valence-electron chi connectivity index (χ0n) is 12.7. The van der Waals surface area contributed by atoms with Gasteiger partial charge in [0.2, 0.25) is 0 Å². The third-order valence-corrected chi connectivity index (χ3v) is 4.79. The minimum absolute atomic E-state index is 0.0334. The fraction of sp³-hybridized carbons (Fsp3) is 0.350. The van der Waals surface area contributed by atoms with E-state index in [1.165, 1.54) is 0 Å². The van der Waals surface area contributed by atoms with Crippen molar-refractivity contribution in [2.24, 2.45) is 5.92 Å². The molecule has 1 unspecified atom stereocenters. The van der Waals surface area contributed by atoms with Crippen LogP contribution in [0, 0.1) is 5.92 Å². The SMILES string of the molecule is O=C(Cc1ccccc1)C(O)(c1ccccc1)C1CCCC1. The van der Waals surface area contributed by atoms with Crippen molar-refractivity contribution >= 4 is 5.78 Å². The van der Waals surface area contributed by atoms with Crippen LogP contribution >= 0.6 is 0 Å². The van der Waals surface area contributed by atoms with Crippen LogP contribution < -0.4 is 0 Å². The molecule has 0 saturated heterocycles. The summed E-state index contributed by atoms with van der Waals surface area (Å²) in [4.78, 5) is 13.0. The first-order valence-corrected chi connectivity index (χ1v) is 8.06. The van der Waals surface area contributed by atoms with E-state index in [-0.39, 0.29) is 18.1 Å². The van der Waals surface area contributed by atoms with Gasteiger partial charge in [0.1, 0.15) is 0 Å². The van der Waals surface area contributed by atoms with Crippen molar-refractivity contribution in [1.82, 2.24) is 0 Å². The van der Waals surface area contributed by atoms with E-state index in [1.54, 1.807) is 0 Å². The molecule has 1 fully saturated rings. The van der Waals surface area contributed by atoms with E-state index in [0.29, 0.717) is 0 Å². The van der Waals surface area contributed by atoms with Gasteiger partial charge in [-0.25, -0.2) is 0 Å². The summed E-state index contributed by atoms with van der Waals surface area (Å²) in [6.07, 6.45) is 4.32. The third kappa shape index (κ3) is 2.84. The van der Waals surface area contributed by atoms with Gasteiger partial charge in [-0.15, -0.1) is 0 Å². The third-order valence-electron chi connectivity index (χ3n) is 4.79. The zero-order chi connectivity index (χ0) is 15.4. The Labute approximate surface area is 131 Å². The van der Waals surface area contributed by atoms with Crippen LogP contribution in [0.5, 0.6) is 0 Å². The van der Waals surface area contributed by atoms with Gasteiger partial charge in [-0.05, 0) is 29.9 Å². The van der Waals surface area contributed by atoms with Crippen molar-refractivity contribution in [3.05, 3.63) is 71.8 Å². The Morgan fingerprint density at radius 2 is 1.50 bits per heavy atom. The molecule has 1 aliphatic carbocycles. The van der Waals surface area contributed by atoms with E-state index < -0.39 is 5.60 Å². The van der Waals surface area contributed by atoms with E-state index in [0.717, 1.165) is 36.8 Å². The number of benzene rings is 2. The molecular formula is C20H22O2. The molecule has 22 heavy (non-hydrogen) atoms. The topological polar surface area (TPSA) is 37.3 Å². The van der Waals surface area contributed by atoms with Gasteiger partial charge < -0.3 is 5.11 Å². The molecule has 2 nitrogen and oxygen atoms in total. The fourth-order valence-electron chi connectivity index (χ4n) is 3.58. The lowest BCUT2D eigenvalue weighted by molar-refractivity contribution is -0.144. The van der Waals surface area contributed by atoms with Gasteiger partial charge in [0.15, 0.2) is 11.4 Å². The predicted molar refractivity (Wildman–Crippen MR) is 87.4 cm³/mol. The lowest BCUT2D eigenvalue weighted by Crippen LogP contribution is -2.43. The number of carbonyl (C=O) groups excluding carboxylic acids is 1. The Morgan fingerprint density at radius 3 is 2.09 bits per heavy atom. The molecule has 0 radical (unpaired) electrons. The van der Waals surface area contributed by atoms with Crippen LogP contribution in [0.2, 0.25) is 0 Å². The van der Waals surface area contributed by atoms with Crippen molar-refractivity contribution in [2.75, 3.05) is 0 Å². The molecule has 0 amide bonds. The van der Waals surface area contributed by atoms with Crippen molar-refractivity contribution in [3.8, 4) is 0 Å². The molecule has 1 N–H and O–H groups in total. The quantitative estimate of drug-likeness (QED) is 0.908. The monoisotopic (exact) mass is 294 g/mol. The van der Waals surface area contributed by atoms with E-state index >= 15 is 0 Å². The number of hydrogen-bond donors (Lipinski definition) is 1. The number of rotatable bonds is 5. The maximum atomic E-state index is 13.0. The highest BCUT2D eigenvalue weighted by molar-refractivity contribution is 5.90. The van der Waals surface area contributed by atoms with Crippen molar-refractivity contribution in [1.29, 1.82) is 0 Å². The average molecular weight is 294 g/mol. The van der Waals surface area contributed by atoms with E-state index in [1.807, 2.05) is 60.7 Å². The van der Waals surface area contributed by atoms with Gasteiger partial charge in [-0.2, -0.15) is 0 Å². The maximum absolute atomic E-state index is 13.0. The summed E-state index contributed by atoms with van der Waals surface area (Å²) in [5.41, 5.74) is 0.343. The first-order chi connectivity index (χ1) is 10.7. The first-order valence-electron chi connectivity index (χ1n) is 8.06. The second-order valence-electron chi connectivity index (χ2n) is 6.20. The largest absolute Gasteiger partial charge is 0.377 e. The van der Waals surface area contributed by atoms with Crippen LogP contribution in [0.15, 0.2) is 60.7 Å². The summed E-state index contributed by atoms with van der Waals surface area (Å²) in [5, 5.41) is 11.4. The van der Waals surface area contributed by atoms with Crippen molar-refractivity contribution < 1.29 is 9.90 Å². The molecule has 2 aromatic rings. The average Bonchev–Trinajstić information content (AvgIpc) is 3.11. The smallest absolute Gasteiger partial charge is 0.173 e. The van der Waals surface area contributed by atoms with E-state index in [2.05, 4.69) is 0 Å². The van der Waals surface area contributed by atoms with Gasteiger partial charge in [-0.3, -0.25) is 4.79 Å². The molecule has 2 heteroatoms. The minimum Gasteiger partial charge on any atom is -0.377 e. The van der Waals surface area contributed by atoms with Crippen LogP contribution in [0.3, 0.4) is 0 Å². The molecule has 0 spiro atoms. The molecular weight excluding hydrogens is 272 g/mol. The molecule has 2 aromatic carbocycles. The zero-order valence-corrected chi connectivity index (χ0v) is 12.7. The predicted octanol–water partition coefficient (Wildman–Crippen LogP) is 3.88. The molecule has 1 aliphatic rings. The standard InChI is InChI=1S/C20H22O2/c21-19(15-16-9-3-1-4-10-16)20(22,18-13-7-8-14-18)17-11-5-2-6-12-17/h1-6,9-12,18,22H,7-8,13-15H2. The summed E-state index contributed by atoms with van der Waals surface area (Å²) in [7, 11) is 0. The number of aliphatic hydroxyl groups is 1. The fourth-order valence-corrected chi connectivity index (χ4v) is 3.58. The summed E-state index contributed by atoms with van der Waals surface area (Å²) < 4.78 is 0. The maximum Gasteiger partial charge on any atom is 0.173 e. The summed E-state index contributed by atoms with van der Waals surface area (Å²) in [5.74, 6) is -0.0529.